The molecule has 0 bridgehead atoms. The number of halogens is 1. The van der Waals surface area contributed by atoms with Crippen LogP contribution in [0.3, 0.4) is 0 Å². The van der Waals surface area contributed by atoms with Gasteiger partial charge in [0, 0.05) is 19.5 Å². The molecular formula is C26H26FN5O7. The van der Waals surface area contributed by atoms with E-state index in [1.807, 2.05) is 0 Å². The van der Waals surface area contributed by atoms with Gasteiger partial charge >= 0.3 is 6.03 Å². The normalized spacial score (nSPS) is 29.3. The number of fused-ring (bicyclic) bond motifs is 5. The molecule has 4 aliphatic heterocycles. The number of Topliss-reactive ketones (excluding diaryl/α,β-unsaturated/α-hetero) is 1. The average Bonchev–Trinajstić information content (AvgIpc) is 3.57. The van der Waals surface area contributed by atoms with Gasteiger partial charge in [0.25, 0.3) is 5.91 Å². The van der Waals surface area contributed by atoms with E-state index in [9.17, 15) is 24.0 Å². The van der Waals surface area contributed by atoms with E-state index in [4.69, 9.17) is 9.26 Å². The monoisotopic (exact) mass is 539 g/mol. The molecule has 7 rings (SSSR count). The van der Waals surface area contributed by atoms with Gasteiger partial charge in [-0.15, -0.1) is 0 Å². The van der Waals surface area contributed by atoms with Crippen LogP contribution in [0.4, 0.5) is 20.7 Å². The average molecular weight is 540 g/mol. The zero-order valence-electron chi connectivity index (χ0n) is 21.3. The van der Waals surface area contributed by atoms with Crippen molar-refractivity contribution in [1.29, 1.82) is 0 Å². The molecule has 204 valence electrons. The van der Waals surface area contributed by atoms with Crippen LogP contribution in [0, 0.1) is 16.6 Å². The highest BCUT2D eigenvalue weighted by atomic mass is 19.1. The molecule has 2 spiro atoms. The van der Waals surface area contributed by atoms with E-state index in [2.05, 4.69) is 15.8 Å². The Hall–Kier alpha value is -3.87. The molecule has 2 aromatic rings. The van der Waals surface area contributed by atoms with E-state index >= 15 is 4.39 Å². The number of carbonyl (C=O) groups is 5. The lowest BCUT2D eigenvalue weighted by Gasteiger charge is -2.55. The van der Waals surface area contributed by atoms with Crippen LogP contribution < -0.4 is 20.4 Å². The van der Waals surface area contributed by atoms with Crippen LogP contribution in [-0.4, -0.2) is 66.0 Å². The Morgan fingerprint density at radius 1 is 1.08 bits per heavy atom. The smallest absolute Gasteiger partial charge is 0.328 e. The number of hydrogen-bond acceptors (Lipinski definition) is 9. The van der Waals surface area contributed by atoms with Gasteiger partial charge in [-0.3, -0.25) is 34.7 Å². The molecule has 1 aliphatic carbocycles. The lowest BCUT2D eigenvalue weighted by Crippen LogP contribution is -2.75. The number of ketones is 1. The maximum absolute atomic E-state index is 16.3. The van der Waals surface area contributed by atoms with Crippen molar-refractivity contribution in [3.63, 3.8) is 0 Å². The molecule has 39 heavy (non-hydrogen) atoms. The van der Waals surface area contributed by atoms with Gasteiger partial charge in [-0.2, -0.15) is 0 Å². The van der Waals surface area contributed by atoms with Gasteiger partial charge in [0.05, 0.1) is 34.7 Å². The summed E-state index contributed by atoms with van der Waals surface area (Å²) in [5, 5.41) is 8.58. The van der Waals surface area contributed by atoms with E-state index in [1.165, 1.54) is 4.90 Å². The summed E-state index contributed by atoms with van der Waals surface area (Å²) in [7, 11) is 0. The summed E-state index contributed by atoms with van der Waals surface area (Å²) in [6.45, 7) is 3.82. The first kappa shape index (κ1) is 24.2. The van der Waals surface area contributed by atoms with E-state index in [0.717, 1.165) is 12.8 Å². The van der Waals surface area contributed by atoms with Gasteiger partial charge in [0.1, 0.15) is 0 Å². The molecule has 13 heteroatoms. The van der Waals surface area contributed by atoms with Crippen LogP contribution in [0.2, 0.25) is 0 Å². The molecule has 1 saturated carbocycles. The fourth-order valence-corrected chi connectivity index (χ4v) is 7.53. The molecule has 3 saturated heterocycles. The Morgan fingerprint density at radius 3 is 2.46 bits per heavy atom. The standard InChI is InChI=1S/C26H26FN5O7/c1-11-9-31-16-13(8-26(18(31)12(2)38-11)22(35)28-24(37)29-23(26)36)7-14-17(15(16)27)39-30-20(14)32-10-25(5-3-4-6-25)19(33)21(32)34/h7,11-12,18H,3-6,8-10H2,1-2H3,(H2,28,29,35,36,37)/t11-,12+,18-/m1/s1. The maximum Gasteiger partial charge on any atom is 0.328 e. The van der Waals surface area contributed by atoms with Gasteiger partial charge < -0.3 is 14.2 Å². The topological polar surface area (TPSA) is 151 Å². The molecule has 5 amide bonds. The minimum Gasteiger partial charge on any atom is -0.372 e. The molecule has 1 aromatic carbocycles. The Balaban J connectivity index is 1.40. The van der Waals surface area contributed by atoms with Crippen molar-refractivity contribution in [1.82, 2.24) is 15.8 Å². The third-order valence-corrected chi connectivity index (χ3v) is 9.14. The number of hydrogen-bond donors (Lipinski definition) is 2. The lowest BCUT2D eigenvalue weighted by molar-refractivity contribution is -0.153. The van der Waals surface area contributed by atoms with E-state index in [-0.39, 0.29) is 48.1 Å². The minimum absolute atomic E-state index is 0.0291. The van der Waals surface area contributed by atoms with Crippen LogP contribution in [0.5, 0.6) is 0 Å². The van der Waals surface area contributed by atoms with E-state index in [1.54, 1.807) is 24.8 Å². The number of imide groups is 2. The molecule has 0 unspecified atom stereocenters. The molecule has 2 N–H and O–H groups in total. The fourth-order valence-electron chi connectivity index (χ4n) is 7.53. The first-order valence-corrected chi connectivity index (χ1v) is 13.1. The molecule has 5 heterocycles. The maximum atomic E-state index is 16.3. The third kappa shape index (κ3) is 3.01. The number of urea groups is 1. The summed E-state index contributed by atoms with van der Waals surface area (Å²) in [6.07, 6.45) is 1.66. The Bertz CT molecular complexity index is 1490. The van der Waals surface area contributed by atoms with Crippen molar-refractivity contribution < 1.29 is 37.6 Å². The number of anilines is 2. The molecular weight excluding hydrogens is 513 g/mol. The van der Waals surface area contributed by atoms with Crippen molar-refractivity contribution in [3.05, 3.63) is 17.4 Å². The van der Waals surface area contributed by atoms with Crippen LogP contribution in [0.1, 0.15) is 45.1 Å². The quantitative estimate of drug-likeness (QED) is 0.404. The lowest BCUT2D eigenvalue weighted by atomic mass is 9.66. The van der Waals surface area contributed by atoms with Crippen molar-refractivity contribution in [2.75, 3.05) is 22.9 Å². The van der Waals surface area contributed by atoms with Crippen molar-refractivity contribution >= 4 is 52.0 Å². The first-order chi connectivity index (χ1) is 18.6. The number of nitrogens with zero attached hydrogens (tertiary/aromatic N) is 3. The SMILES string of the molecule is C[C@@H]1CN2c3c(cc4c(N5CC6(CCCC6)C(=O)C5=O)noc4c3F)CC3(C(=O)NC(=O)NC3=O)[C@H]2[C@H](C)O1. The summed E-state index contributed by atoms with van der Waals surface area (Å²) in [6, 6.07) is -0.271. The number of nitrogens with one attached hydrogen (secondary N) is 2. The van der Waals surface area contributed by atoms with Crippen LogP contribution in [-0.2, 0) is 30.3 Å². The summed E-state index contributed by atoms with van der Waals surface area (Å²) < 4.78 is 27.7. The van der Waals surface area contributed by atoms with E-state index < -0.39 is 58.3 Å². The number of amides is 5. The minimum atomic E-state index is -1.79. The zero-order valence-corrected chi connectivity index (χ0v) is 21.3. The first-order valence-electron chi connectivity index (χ1n) is 13.1. The van der Waals surface area contributed by atoms with Crippen molar-refractivity contribution in [3.8, 4) is 0 Å². The highest BCUT2D eigenvalue weighted by Crippen LogP contribution is 2.51. The Labute approximate surface area is 221 Å². The van der Waals surface area contributed by atoms with Crippen molar-refractivity contribution in [2.45, 2.75) is 64.2 Å². The van der Waals surface area contributed by atoms with E-state index in [0.29, 0.717) is 18.4 Å². The second-order valence-corrected chi connectivity index (χ2v) is 11.4. The predicted octanol–water partition coefficient (Wildman–Crippen LogP) is 1.33. The van der Waals surface area contributed by atoms with Crippen LogP contribution >= 0.6 is 0 Å². The summed E-state index contributed by atoms with van der Waals surface area (Å²) in [4.78, 5) is 67.6. The highest BCUT2D eigenvalue weighted by Gasteiger charge is 2.63. The van der Waals surface area contributed by atoms with Gasteiger partial charge in [-0.05, 0) is 38.3 Å². The van der Waals surface area contributed by atoms with Gasteiger partial charge in [0.15, 0.2) is 17.1 Å². The number of ether oxygens (including phenoxy) is 1. The number of carbonyl (C=O) groups excluding carboxylic acids is 5. The fraction of sp³-hybridized carbons (Fsp3) is 0.538. The second kappa shape index (κ2) is 7.84. The highest BCUT2D eigenvalue weighted by molar-refractivity contribution is 6.46. The number of morpholine rings is 1. The number of barbiturate groups is 1. The van der Waals surface area contributed by atoms with Crippen LogP contribution in [0.15, 0.2) is 10.6 Å². The molecule has 12 nitrogen and oxygen atoms in total. The number of aromatic nitrogens is 1. The third-order valence-electron chi connectivity index (χ3n) is 9.14. The van der Waals surface area contributed by atoms with Crippen molar-refractivity contribution in [2.24, 2.45) is 10.8 Å². The number of benzene rings is 1. The summed E-state index contributed by atoms with van der Waals surface area (Å²) in [5.41, 5.74) is -2.28. The summed E-state index contributed by atoms with van der Waals surface area (Å²) in [5.74, 6) is -3.48. The molecule has 0 radical (unpaired) electrons. The zero-order chi connectivity index (χ0) is 27.4. The van der Waals surface area contributed by atoms with Gasteiger partial charge in [0.2, 0.25) is 23.2 Å². The van der Waals surface area contributed by atoms with Gasteiger partial charge in [-0.25, -0.2) is 9.18 Å². The predicted molar refractivity (Wildman–Crippen MR) is 131 cm³/mol. The number of rotatable bonds is 1. The molecule has 4 fully saturated rings. The Morgan fingerprint density at radius 2 is 1.77 bits per heavy atom. The van der Waals surface area contributed by atoms with Gasteiger partial charge in [-0.1, -0.05) is 18.0 Å². The molecule has 3 atom stereocenters. The summed E-state index contributed by atoms with van der Waals surface area (Å²) >= 11 is 0. The molecule has 1 aromatic heterocycles. The molecule has 5 aliphatic rings. The largest absolute Gasteiger partial charge is 0.372 e. The Kier molecular flexibility index (Phi) is 4.86. The second-order valence-electron chi connectivity index (χ2n) is 11.4. The van der Waals surface area contributed by atoms with Crippen LogP contribution in [0.25, 0.3) is 11.0 Å².